The third-order valence-electron chi connectivity index (χ3n) is 8.07. The van der Waals surface area contributed by atoms with Crippen molar-refractivity contribution in [3.8, 4) is 23.0 Å². The molecule has 2 fully saturated rings. The van der Waals surface area contributed by atoms with Crippen molar-refractivity contribution in [2.75, 3.05) is 59.9 Å². The van der Waals surface area contributed by atoms with E-state index in [1.54, 1.807) is 9.80 Å². The van der Waals surface area contributed by atoms with Crippen LogP contribution in [0.2, 0.25) is 0 Å². The summed E-state index contributed by atoms with van der Waals surface area (Å²) < 4.78 is 53.1. The molecule has 2 saturated heterocycles. The number of benzene rings is 2. The van der Waals surface area contributed by atoms with Gasteiger partial charge in [-0.2, -0.15) is 8.42 Å². The van der Waals surface area contributed by atoms with E-state index in [1.165, 1.54) is 44.6 Å². The monoisotopic (exact) mass is 828 g/mol. The van der Waals surface area contributed by atoms with Crippen LogP contribution in [0.3, 0.4) is 0 Å². The molecule has 2 aromatic carbocycles. The summed E-state index contributed by atoms with van der Waals surface area (Å²) in [6.45, 7) is 13.7. The van der Waals surface area contributed by atoms with E-state index in [0.29, 0.717) is 44.3 Å². The van der Waals surface area contributed by atoms with Gasteiger partial charge in [-0.3, -0.25) is 24.4 Å². The number of ether oxygens (including phenoxy) is 5. The molecule has 2 aromatic rings. The lowest BCUT2D eigenvalue weighted by molar-refractivity contribution is -0.385. The van der Waals surface area contributed by atoms with Crippen LogP contribution in [0.15, 0.2) is 36.4 Å². The van der Waals surface area contributed by atoms with Crippen molar-refractivity contribution < 1.29 is 60.8 Å². The number of nitrogens with zero attached hydrogens (tertiary/aromatic N) is 4. The maximum absolute atomic E-state index is 12.2. The van der Waals surface area contributed by atoms with Crippen LogP contribution in [0.1, 0.15) is 67.2 Å². The molecule has 2 amide bonds. The van der Waals surface area contributed by atoms with Gasteiger partial charge < -0.3 is 38.6 Å². The fourth-order valence-electron chi connectivity index (χ4n) is 5.50. The molecule has 0 aliphatic carbocycles. The van der Waals surface area contributed by atoms with Gasteiger partial charge in [-0.1, -0.05) is 0 Å². The van der Waals surface area contributed by atoms with Gasteiger partial charge in [0.15, 0.2) is 23.0 Å². The van der Waals surface area contributed by atoms with Crippen LogP contribution >= 0.6 is 0 Å². The normalized spacial score (nSPS) is 17.1. The molecule has 19 nitrogen and oxygen atoms in total. The lowest BCUT2D eigenvalue weighted by Gasteiger charge is -2.34. The number of carbonyl (C=O) groups excluding carboxylic acids is 2. The fraction of sp³-hybridized carbons (Fsp3) is 0.622. The Morgan fingerprint density at radius 3 is 1.60 bits per heavy atom. The summed E-state index contributed by atoms with van der Waals surface area (Å²) in [6.07, 6.45) is 3.81. The number of phenolic OH excluding ortho intramolecular Hbond substituents is 1. The molecule has 4 rings (SSSR count). The summed E-state index contributed by atoms with van der Waals surface area (Å²) in [5.41, 5.74) is -1.27. The Morgan fingerprint density at radius 1 is 0.754 bits per heavy atom. The highest BCUT2D eigenvalue weighted by molar-refractivity contribution is 7.85. The lowest BCUT2D eigenvalue weighted by Crippen LogP contribution is -2.44. The predicted molar refractivity (Wildman–Crippen MR) is 208 cm³/mol. The third kappa shape index (κ3) is 18.1. The molecule has 320 valence electrons. The van der Waals surface area contributed by atoms with Crippen LogP contribution < -0.4 is 14.2 Å². The van der Waals surface area contributed by atoms with Crippen molar-refractivity contribution in [3.05, 3.63) is 56.6 Å². The summed E-state index contributed by atoms with van der Waals surface area (Å²) in [7, 11) is -0.564. The molecule has 20 heteroatoms. The van der Waals surface area contributed by atoms with Gasteiger partial charge in [-0.05, 0) is 79.4 Å². The number of carbonyl (C=O) groups is 2. The van der Waals surface area contributed by atoms with Crippen LogP contribution in [-0.2, 0) is 23.8 Å². The highest BCUT2D eigenvalue weighted by atomic mass is 32.2. The average Bonchev–Trinajstić information content (AvgIpc) is 3.12. The number of aromatic hydroxyl groups is 1. The molecule has 0 saturated carbocycles. The van der Waals surface area contributed by atoms with E-state index in [-0.39, 0.29) is 53.5 Å². The first-order valence-electron chi connectivity index (χ1n) is 18.2. The van der Waals surface area contributed by atoms with Crippen LogP contribution in [0, 0.1) is 32.1 Å². The quantitative estimate of drug-likeness (QED) is 0.152. The molecule has 2 heterocycles. The van der Waals surface area contributed by atoms with E-state index in [4.69, 9.17) is 33.0 Å². The van der Waals surface area contributed by atoms with Crippen LogP contribution in [0.25, 0.3) is 0 Å². The summed E-state index contributed by atoms with van der Waals surface area (Å²) in [6, 6.07) is 7.88. The number of piperidine rings is 2. The number of hydrogen-bond donors (Lipinski definition) is 1. The Hall–Kier alpha value is -5.11. The smallest absolute Gasteiger partial charge is 0.410 e. The van der Waals surface area contributed by atoms with Crippen molar-refractivity contribution in [3.63, 3.8) is 0 Å². The van der Waals surface area contributed by atoms with Crippen molar-refractivity contribution in [1.29, 1.82) is 0 Å². The molecular weight excluding hydrogens is 772 g/mol. The highest BCUT2D eigenvalue weighted by Gasteiger charge is 2.30. The number of rotatable bonds is 10. The molecule has 0 bridgehead atoms. The maximum atomic E-state index is 12.2. The van der Waals surface area contributed by atoms with Gasteiger partial charge >= 0.3 is 12.2 Å². The van der Waals surface area contributed by atoms with E-state index < -0.39 is 31.2 Å². The third-order valence-corrected chi connectivity index (χ3v) is 8.63. The van der Waals surface area contributed by atoms with Gasteiger partial charge in [0.2, 0.25) is 0 Å². The van der Waals surface area contributed by atoms with Crippen molar-refractivity contribution in [1.82, 2.24) is 9.80 Å². The van der Waals surface area contributed by atoms with Gasteiger partial charge in [0.25, 0.3) is 21.5 Å². The Labute approximate surface area is 333 Å². The molecule has 0 aromatic heterocycles. The number of non-ortho nitro benzene ring substituents is 2. The topological polar surface area (TPSA) is 237 Å². The summed E-state index contributed by atoms with van der Waals surface area (Å²) in [5.74, 6) is 0.926. The second-order valence-electron chi connectivity index (χ2n) is 15.4. The van der Waals surface area contributed by atoms with Gasteiger partial charge in [0.1, 0.15) is 11.2 Å². The minimum Gasteiger partial charge on any atom is -0.504 e. The molecule has 0 spiro atoms. The number of amides is 2. The standard InChI is InChI=1S/C18H26N2O6.C12H23NO5S.C7H7NO4/c1-18(2,3)26-17(21)19-9-5-6-13(11-19)12-25-16-10-14(20(22)23)7-8-15(16)24-4;1-12(2,3)18-11(14)13-7-5-6-10(8-13)9-17-19(4,15)16;1-12-7-3-2-5(8(10)11)4-6(7)9/h7-8,10,13H,5-6,9,11-12H2,1-4H3;10H,5-9H2,1-4H3;2-4,9H,1H3. The first-order valence-corrected chi connectivity index (χ1v) is 20.0. The van der Waals surface area contributed by atoms with Crippen LogP contribution in [-0.4, -0.2) is 116 Å². The zero-order valence-corrected chi connectivity index (χ0v) is 34.9. The number of nitro groups is 2. The van der Waals surface area contributed by atoms with Gasteiger partial charge in [-0.15, -0.1) is 0 Å². The maximum Gasteiger partial charge on any atom is 0.410 e. The summed E-state index contributed by atoms with van der Waals surface area (Å²) in [5, 5.41) is 30.3. The lowest BCUT2D eigenvalue weighted by atomic mass is 9.99. The van der Waals surface area contributed by atoms with E-state index in [9.17, 15) is 38.2 Å². The SMILES string of the molecule is CC(C)(C)OC(=O)N1CCCC(COS(C)(=O)=O)C1.COc1ccc([N+](=O)[O-])cc1O.COc1ccc([N+](=O)[O-])cc1OCC1CCCN(C(=O)OC(C)(C)C)C1. The number of likely N-dealkylation sites (tertiary alicyclic amines) is 2. The molecule has 2 aliphatic heterocycles. The average molecular weight is 829 g/mol. The van der Waals surface area contributed by atoms with Gasteiger partial charge in [0, 0.05) is 50.1 Å². The highest BCUT2D eigenvalue weighted by Crippen LogP contribution is 2.32. The van der Waals surface area contributed by atoms with E-state index in [2.05, 4.69) is 0 Å². The van der Waals surface area contributed by atoms with E-state index in [0.717, 1.165) is 38.0 Å². The van der Waals surface area contributed by atoms with Gasteiger partial charge in [0.05, 0.1) is 55.7 Å². The number of methoxy groups -OCH3 is 2. The molecule has 0 radical (unpaired) electrons. The number of nitro benzene ring substituents is 2. The van der Waals surface area contributed by atoms with Gasteiger partial charge in [-0.25, -0.2) is 9.59 Å². The second-order valence-corrected chi connectivity index (χ2v) is 17.0. The number of hydrogen-bond acceptors (Lipinski definition) is 15. The molecule has 2 aliphatic rings. The predicted octanol–water partition coefficient (Wildman–Crippen LogP) is 6.55. The fourth-order valence-corrected chi connectivity index (χ4v) is 5.94. The second kappa shape index (κ2) is 21.4. The summed E-state index contributed by atoms with van der Waals surface area (Å²) in [4.78, 5) is 47.5. The number of phenols is 1. The first-order chi connectivity index (χ1) is 26.4. The van der Waals surface area contributed by atoms with E-state index >= 15 is 0 Å². The Morgan fingerprint density at radius 2 is 1.19 bits per heavy atom. The molecule has 1 N–H and O–H groups in total. The van der Waals surface area contributed by atoms with Crippen molar-refractivity contribution >= 4 is 33.7 Å². The minimum absolute atomic E-state index is 0.0380. The molecule has 57 heavy (non-hydrogen) atoms. The zero-order chi connectivity index (χ0) is 43.1. The van der Waals surface area contributed by atoms with Crippen molar-refractivity contribution in [2.24, 2.45) is 11.8 Å². The first kappa shape index (κ1) is 48.0. The van der Waals surface area contributed by atoms with Crippen LogP contribution in [0.4, 0.5) is 21.0 Å². The summed E-state index contributed by atoms with van der Waals surface area (Å²) >= 11 is 0. The molecule has 2 unspecified atom stereocenters. The van der Waals surface area contributed by atoms with E-state index in [1.807, 2.05) is 41.5 Å². The Bertz CT molecular complexity index is 1780. The Kier molecular flexibility index (Phi) is 18.1. The van der Waals surface area contributed by atoms with Crippen molar-refractivity contribution in [2.45, 2.75) is 78.4 Å². The molecular formula is C37H56N4O15S. The largest absolute Gasteiger partial charge is 0.504 e. The van der Waals surface area contributed by atoms with Crippen LogP contribution in [0.5, 0.6) is 23.0 Å². The Balaban J connectivity index is 0.000000317. The minimum atomic E-state index is -3.42. The molecule has 2 atom stereocenters. The zero-order valence-electron chi connectivity index (χ0n) is 34.0.